The van der Waals surface area contributed by atoms with Gasteiger partial charge in [-0.1, -0.05) is 0 Å². The van der Waals surface area contributed by atoms with Crippen molar-refractivity contribution in [3.05, 3.63) is 22.7 Å². The smallest absolute Gasteiger partial charge is 0.323 e. The Morgan fingerprint density at radius 3 is 3.00 bits per heavy atom. The molecule has 6 nitrogen and oxygen atoms in total. The molecule has 0 spiro atoms. The molecule has 0 saturated carbocycles. The van der Waals surface area contributed by atoms with Crippen LogP contribution >= 0.6 is 0 Å². The van der Waals surface area contributed by atoms with E-state index in [1.165, 1.54) is 12.4 Å². The van der Waals surface area contributed by atoms with Crippen LogP contribution in [-0.4, -0.2) is 20.6 Å². The van der Waals surface area contributed by atoms with Crippen LogP contribution in [0.2, 0.25) is 0 Å². The number of anilines is 1. The van der Waals surface area contributed by atoms with E-state index in [1.54, 1.807) is 0 Å². The molecule has 0 aromatic carbocycles. The SMILES string of the molecule is Nc1nccn(CC(=O)O)c1=O. The Morgan fingerprint density at radius 2 is 2.42 bits per heavy atom. The van der Waals surface area contributed by atoms with Gasteiger partial charge in [-0.25, -0.2) is 4.98 Å². The van der Waals surface area contributed by atoms with Gasteiger partial charge >= 0.3 is 5.97 Å². The number of rotatable bonds is 2. The summed E-state index contributed by atoms with van der Waals surface area (Å²) < 4.78 is 0.977. The van der Waals surface area contributed by atoms with Gasteiger partial charge in [0, 0.05) is 12.4 Å². The average Bonchev–Trinajstić information content (AvgIpc) is 1.98. The van der Waals surface area contributed by atoms with E-state index in [0.717, 1.165) is 4.57 Å². The van der Waals surface area contributed by atoms with Gasteiger partial charge in [0.25, 0.3) is 5.56 Å². The maximum absolute atomic E-state index is 11.0. The van der Waals surface area contributed by atoms with Crippen LogP contribution in [0.4, 0.5) is 5.82 Å². The quantitative estimate of drug-likeness (QED) is 0.586. The van der Waals surface area contributed by atoms with E-state index >= 15 is 0 Å². The van der Waals surface area contributed by atoms with Crippen LogP contribution in [0.1, 0.15) is 0 Å². The first-order valence-corrected chi connectivity index (χ1v) is 3.14. The number of hydrogen-bond acceptors (Lipinski definition) is 4. The molecule has 1 rings (SSSR count). The highest BCUT2D eigenvalue weighted by atomic mass is 16.4. The minimum Gasteiger partial charge on any atom is -0.480 e. The van der Waals surface area contributed by atoms with E-state index in [-0.39, 0.29) is 5.82 Å². The molecule has 0 fully saturated rings. The third kappa shape index (κ3) is 1.60. The van der Waals surface area contributed by atoms with E-state index in [2.05, 4.69) is 4.98 Å². The summed E-state index contributed by atoms with van der Waals surface area (Å²) >= 11 is 0. The highest BCUT2D eigenvalue weighted by molar-refractivity contribution is 5.66. The normalized spacial score (nSPS) is 9.67. The summed E-state index contributed by atoms with van der Waals surface area (Å²) in [6, 6.07) is 0. The Balaban J connectivity index is 3.09. The number of nitrogens with two attached hydrogens (primary N) is 1. The van der Waals surface area contributed by atoms with Gasteiger partial charge < -0.3 is 10.8 Å². The number of carbonyl (C=O) groups is 1. The molecule has 0 bridgehead atoms. The van der Waals surface area contributed by atoms with Crippen molar-refractivity contribution < 1.29 is 9.90 Å². The molecule has 0 radical (unpaired) electrons. The van der Waals surface area contributed by atoms with Crippen molar-refractivity contribution in [1.82, 2.24) is 9.55 Å². The lowest BCUT2D eigenvalue weighted by Gasteiger charge is -2.00. The second-order valence-electron chi connectivity index (χ2n) is 2.14. The summed E-state index contributed by atoms with van der Waals surface area (Å²) in [4.78, 5) is 24.7. The van der Waals surface area contributed by atoms with Crippen molar-refractivity contribution in [3.8, 4) is 0 Å². The van der Waals surface area contributed by atoms with Gasteiger partial charge in [0.05, 0.1) is 0 Å². The van der Waals surface area contributed by atoms with Gasteiger partial charge in [-0.15, -0.1) is 0 Å². The van der Waals surface area contributed by atoms with Crippen LogP contribution in [0.25, 0.3) is 0 Å². The highest BCUT2D eigenvalue weighted by Crippen LogP contribution is 1.85. The molecule has 3 N–H and O–H groups in total. The number of carboxylic acid groups (broad SMARTS) is 1. The Morgan fingerprint density at radius 1 is 1.75 bits per heavy atom. The zero-order chi connectivity index (χ0) is 9.14. The first kappa shape index (κ1) is 8.25. The van der Waals surface area contributed by atoms with Crippen molar-refractivity contribution in [2.45, 2.75) is 6.54 Å². The van der Waals surface area contributed by atoms with Gasteiger partial charge in [-0.2, -0.15) is 0 Å². The van der Waals surface area contributed by atoms with E-state index < -0.39 is 18.1 Å². The second-order valence-corrected chi connectivity index (χ2v) is 2.14. The summed E-state index contributed by atoms with van der Waals surface area (Å²) in [5.74, 6) is -1.29. The topological polar surface area (TPSA) is 98.2 Å². The predicted molar refractivity (Wildman–Crippen MR) is 40.5 cm³/mol. The largest absolute Gasteiger partial charge is 0.480 e. The van der Waals surface area contributed by atoms with Gasteiger partial charge in [-0.05, 0) is 0 Å². The molecule has 1 aromatic heterocycles. The lowest BCUT2D eigenvalue weighted by Crippen LogP contribution is -2.26. The first-order chi connectivity index (χ1) is 5.61. The Labute approximate surface area is 67.3 Å². The summed E-state index contributed by atoms with van der Waals surface area (Å²) in [6.45, 7) is -0.397. The Bertz CT molecular complexity index is 357. The molecule has 64 valence electrons. The lowest BCUT2D eigenvalue weighted by molar-refractivity contribution is -0.137. The molecule has 0 unspecified atom stereocenters. The molecular formula is C6H7N3O3. The molecule has 0 aliphatic rings. The number of nitrogen functional groups attached to an aromatic ring is 1. The molecule has 12 heavy (non-hydrogen) atoms. The van der Waals surface area contributed by atoms with E-state index in [0.29, 0.717) is 0 Å². The van der Waals surface area contributed by atoms with Gasteiger partial charge in [0.15, 0.2) is 5.82 Å². The van der Waals surface area contributed by atoms with Crippen LogP contribution in [0.3, 0.4) is 0 Å². The highest BCUT2D eigenvalue weighted by Gasteiger charge is 2.03. The molecule has 1 aromatic rings. The van der Waals surface area contributed by atoms with Crippen LogP contribution in [-0.2, 0) is 11.3 Å². The summed E-state index contributed by atoms with van der Waals surface area (Å²) in [5, 5.41) is 8.36. The maximum Gasteiger partial charge on any atom is 0.323 e. The van der Waals surface area contributed by atoms with Crippen molar-refractivity contribution in [2.75, 3.05) is 5.73 Å². The zero-order valence-electron chi connectivity index (χ0n) is 6.10. The first-order valence-electron chi connectivity index (χ1n) is 3.14. The molecule has 0 amide bonds. The average molecular weight is 169 g/mol. The fourth-order valence-electron chi connectivity index (χ4n) is 0.734. The summed E-state index contributed by atoms with van der Waals surface area (Å²) in [7, 11) is 0. The fraction of sp³-hybridized carbons (Fsp3) is 0.167. The van der Waals surface area contributed by atoms with Crippen LogP contribution in [0, 0.1) is 0 Å². The standard InChI is InChI=1S/C6H7N3O3/c7-5-6(12)9(2-1-8-5)3-4(10)11/h1-2H,3H2,(H2,7,8)(H,10,11). The molecule has 0 saturated heterocycles. The van der Waals surface area contributed by atoms with Crippen molar-refractivity contribution in [3.63, 3.8) is 0 Å². The number of hydrogen-bond donors (Lipinski definition) is 2. The molecule has 1 heterocycles. The van der Waals surface area contributed by atoms with Crippen LogP contribution in [0.5, 0.6) is 0 Å². The molecule has 6 heteroatoms. The lowest BCUT2D eigenvalue weighted by atomic mass is 10.5. The maximum atomic E-state index is 11.0. The Hall–Kier alpha value is -1.85. The van der Waals surface area contributed by atoms with Gasteiger partial charge in [-0.3, -0.25) is 14.2 Å². The minimum atomic E-state index is -1.09. The minimum absolute atomic E-state index is 0.196. The molecule has 0 aliphatic carbocycles. The molecule has 0 aliphatic heterocycles. The number of aromatic nitrogens is 2. The van der Waals surface area contributed by atoms with Crippen LogP contribution < -0.4 is 11.3 Å². The van der Waals surface area contributed by atoms with E-state index in [4.69, 9.17) is 10.8 Å². The number of aliphatic carboxylic acids is 1. The predicted octanol–water partition coefficient (Wildman–Crippen LogP) is -1.09. The second kappa shape index (κ2) is 3.04. The third-order valence-electron chi connectivity index (χ3n) is 1.25. The third-order valence-corrected chi connectivity index (χ3v) is 1.25. The molecule has 0 atom stereocenters. The Kier molecular flexibility index (Phi) is 2.09. The van der Waals surface area contributed by atoms with E-state index in [1.807, 2.05) is 0 Å². The van der Waals surface area contributed by atoms with Crippen molar-refractivity contribution in [1.29, 1.82) is 0 Å². The fourth-order valence-corrected chi connectivity index (χ4v) is 0.734. The van der Waals surface area contributed by atoms with Gasteiger partial charge in [0.2, 0.25) is 0 Å². The van der Waals surface area contributed by atoms with E-state index in [9.17, 15) is 9.59 Å². The summed E-state index contributed by atoms with van der Waals surface area (Å²) in [6.07, 6.45) is 2.55. The van der Waals surface area contributed by atoms with Crippen molar-refractivity contribution in [2.24, 2.45) is 0 Å². The number of carboxylic acids is 1. The monoisotopic (exact) mass is 169 g/mol. The van der Waals surface area contributed by atoms with Crippen molar-refractivity contribution >= 4 is 11.8 Å². The molecular weight excluding hydrogens is 162 g/mol. The van der Waals surface area contributed by atoms with Crippen LogP contribution in [0.15, 0.2) is 17.2 Å². The zero-order valence-corrected chi connectivity index (χ0v) is 6.10. The number of nitrogens with zero attached hydrogens (tertiary/aromatic N) is 2. The summed E-state index contributed by atoms with van der Waals surface area (Å²) in [5.41, 5.74) is 4.58. The van der Waals surface area contributed by atoms with Gasteiger partial charge in [0.1, 0.15) is 6.54 Å².